The molecule has 0 radical (unpaired) electrons. The summed E-state index contributed by atoms with van der Waals surface area (Å²) < 4.78 is 1.76. The molecule has 20 heavy (non-hydrogen) atoms. The molecule has 0 spiro atoms. The summed E-state index contributed by atoms with van der Waals surface area (Å²) in [4.78, 5) is 0. The van der Waals surface area contributed by atoms with Crippen LogP contribution in [0.15, 0.2) is 36.7 Å². The van der Waals surface area contributed by atoms with Crippen LogP contribution < -0.4 is 5.32 Å². The first-order chi connectivity index (χ1) is 9.83. The number of aliphatic hydroxyl groups excluding tert-OH is 1. The number of fused-ring (bicyclic) bond motifs is 1. The van der Waals surface area contributed by atoms with Gasteiger partial charge in [-0.25, -0.2) is 0 Å². The summed E-state index contributed by atoms with van der Waals surface area (Å²) in [6.07, 6.45) is 8.05. The normalized spacial score (nSPS) is 15.7. The molecular weight excluding hydrogens is 250 g/mol. The van der Waals surface area contributed by atoms with Gasteiger partial charge in [-0.05, 0) is 48.9 Å². The average molecular weight is 271 g/mol. The van der Waals surface area contributed by atoms with Crippen LogP contribution in [0, 0.1) is 0 Å². The molecule has 2 aromatic rings. The highest BCUT2D eigenvalue weighted by Crippen LogP contribution is 2.27. The highest BCUT2D eigenvalue weighted by atomic mass is 16.3. The number of hydrogen-bond donors (Lipinski definition) is 2. The topological polar surface area (TPSA) is 50.1 Å². The Kier molecular flexibility index (Phi) is 4.02. The van der Waals surface area contributed by atoms with Crippen LogP contribution in [0.5, 0.6) is 0 Å². The molecule has 0 amide bonds. The van der Waals surface area contributed by atoms with Crippen LogP contribution in [0.3, 0.4) is 0 Å². The molecule has 2 N–H and O–H groups in total. The van der Waals surface area contributed by atoms with E-state index in [9.17, 15) is 5.11 Å². The average Bonchev–Trinajstić information content (AvgIpc) is 2.98. The molecule has 4 heteroatoms. The van der Waals surface area contributed by atoms with E-state index in [0.29, 0.717) is 13.1 Å². The Morgan fingerprint density at radius 1 is 1.25 bits per heavy atom. The van der Waals surface area contributed by atoms with Gasteiger partial charge in [0, 0.05) is 24.6 Å². The zero-order chi connectivity index (χ0) is 13.8. The first-order valence-corrected chi connectivity index (χ1v) is 7.33. The smallest absolute Gasteiger partial charge is 0.0907 e. The SMILES string of the molecule is OC(CNc1cccc2c1CCCC2)Cn1cccn1. The lowest BCUT2D eigenvalue weighted by atomic mass is 9.90. The van der Waals surface area contributed by atoms with Crippen molar-refractivity contribution in [2.45, 2.75) is 38.3 Å². The summed E-state index contributed by atoms with van der Waals surface area (Å²) in [6, 6.07) is 8.31. The van der Waals surface area contributed by atoms with Gasteiger partial charge >= 0.3 is 0 Å². The molecule has 0 saturated heterocycles. The minimum Gasteiger partial charge on any atom is -0.389 e. The van der Waals surface area contributed by atoms with Gasteiger partial charge in [-0.2, -0.15) is 5.10 Å². The zero-order valence-corrected chi connectivity index (χ0v) is 11.6. The van der Waals surface area contributed by atoms with Crippen molar-refractivity contribution < 1.29 is 5.11 Å². The van der Waals surface area contributed by atoms with E-state index in [1.54, 1.807) is 10.9 Å². The molecule has 1 aliphatic carbocycles. The number of aliphatic hydroxyl groups is 1. The highest BCUT2D eigenvalue weighted by Gasteiger charge is 2.13. The van der Waals surface area contributed by atoms with Gasteiger partial charge in [-0.1, -0.05) is 12.1 Å². The maximum atomic E-state index is 10.1. The molecule has 1 aromatic heterocycles. The first-order valence-electron chi connectivity index (χ1n) is 7.33. The lowest BCUT2D eigenvalue weighted by Crippen LogP contribution is -2.25. The second-order valence-corrected chi connectivity index (χ2v) is 5.41. The maximum Gasteiger partial charge on any atom is 0.0907 e. The van der Waals surface area contributed by atoms with E-state index >= 15 is 0 Å². The summed E-state index contributed by atoms with van der Waals surface area (Å²) in [5, 5.41) is 17.6. The van der Waals surface area contributed by atoms with Crippen LogP contribution in [-0.2, 0) is 19.4 Å². The second kappa shape index (κ2) is 6.09. The molecule has 106 valence electrons. The standard InChI is InChI=1S/C16H21N3O/c20-14(12-19-10-4-9-18-19)11-17-16-8-3-6-13-5-1-2-7-15(13)16/h3-4,6,8-10,14,17,20H,1-2,5,7,11-12H2. The maximum absolute atomic E-state index is 10.1. The van der Waals surface area contributed by atoms with Crippen molar-refractivity contribution in [3.63, 3.8) is 0 Å². The summed E-state index contributed by atoms with van der Waals surface area (Å²) in [5.74, 6) is 0. The fourth-order valence-electron chi connectivity index (χ4n) is 2.86. The van der Waals surface area contributed by atoms with Gasteiger partial charge in [-0.3, -0.25) is 4.68 Å². The second-order valence-electron chi connectivity index (χ2n) is 5.41. The molecule has 1 atom stereocenters. The van der Waals surface area contributed by atoms with Crippen molar-refractivity contribution >= 4 is 5.69 Å². The van der Waals surface area contributed by atoms with E-state index in [1.807, 2.05) is 12.3 Å². The van der Waals surface area contributed by atoms with E-state index in [2.05, 4.69) is 28.6 Å². The van der Waals surface area contributed by atoms with Crippen LogP contribution in [-0.4, -0.2) is 27.5 Å². The van der Waals surface area contributed by atoms with Crippen molar-refractivity contribution in [1.82, 2.24) is 9.78 Å². The summed E-state index contributed by atoms with van der Waals surface area (Å²) in [5.41, 5.74) is 4.08. The summed E-state index contributed by atoms with van der Waals surface area (Å²) in [6.45, 7) is 1.07. The van der Waals surface area contributed by atoms with Gasteiger partial charge in [-0.15, -0.1) is 0 Å². The van der Waals surface area contributed by atoms with Gasteiger partial charge in [0.1, 0.15) is 0 Å². The Hall–Kier alpha value is -1.81. The predicted molar refractivity (Wildman–Crippen MR) is 79.8 cm³/mol. The monoisotopic (exact) mass is 271 g/mol. The number of aryl methyl sites for hydroxylation is 1. The molecule has 1 unspecified atom stereocenters. The predicted octanol–water partition coefficient (Wildman–Crippen LogP) is 2.23. The first kappa shape index (κ1) is 13.2. The van der Waals surface area contributed by atoms with Crippen LogP contribution >= 0.6 is 0 Å². The Bertz CT molecular complexity index is 551. The molecule has 0 bridgehead atoms. The minimum atomic E-state index is -0.436. The van der Waals surface area contributed by atoms with Gasteiger partial charge in [0.2, 0.25) is 0 Å². The van der Waals surface area contributed by atoms with Crippen molar-refractivity contribution in [1.29, 1.82) is 0 Å². The van der Waals surface area contributed by atoms with Crippen molar-refractivity contribution in [3.8, 4) is 0 Å². The van der Waals surface area contributed by atoms with E-state index < -0.39 is 6.10 Å². The van der Waals surface area contributed by atoms with E-state index in [0.717, 1.165) is 6.42 Å². The number of rotatable bonds is 5. The lowest BCUT2D eigenvalue weighted by molar-refractivity contribution is 0.161. The van der Waals surface area contributed by atoms with Crippen molar-refractivity contribution in [2.24, 2.45) is 0 Å². The molecule has 0 aliphatic heterocycles. The van der Waals surface area contributed by atoms with Crippen LogP contribution in [0.1, 0.15) is 24.0 Å². The quantitative estimate of drug-likeness (QED) is 0.877. The fourth-order valence-corrected chi connectivity index (χ4v) is 2.86. The Morgan fingerprint density at radius 3 is 3.00 bits per heavy atom. The minimum absolute atomic E-state index is 0.436. The van der Waals surface area contributed by atoms with Gasteiger partial charge in [0.25, 0.3) is 0 Å². The third-order valence-corrected chi connectivity index (χ3v) is 3.88. The molecule has 0 saturated carbocycles. The third kappa shape index (κ3) is 3.02. The molecule has 4 nitrogen and oxygen atoms in total. The Morgan fingerprint density at radius 2 is 2.15 bits per heavy atom. The molecule has 1 heterocycles. The van der Waals surface area contributed by atoms with Crippen LogP contribution in [0.4, 0.5) is 5.69 Å². The number of nitrogens with zero attached hydrogens (tertiary/aromatic N) is 2. The van der Waals surface area contributed by atoms with E-state index in [4.69, 9.17) is 0 Å². The Balaban J connectivity index is 1.61. The molecular formula is C16H21N3O. The number of benzene rings is 1. The lowest BCUT2D eigenvalue weighted by Gasteiger charge is -2.21. The van der Waals surface area contributed by atoms with Crippen molar-refractivity contribution in [3.05, 3.63) is 47.8 Å². The van der Waals surface area contributed by atoms with Gasteiger partial charge < -0.3 is 10.4 Å². The largest absolute Gasteiger partial charge is 0.389 e. The third-order valence-electron chi connectivity index (χ3n) is 3.88. The van der Waals surface area contributed by atoms with Gasteiger partial charge in [0.15, 0.2) is 0 Å². The van der Waals surface area contributed by atoms with Gasteiger partial charge in [0.05, 0.1) is 12.6 Å². The summed E-state index contributed by atoms with van der Waals surface area (Å²) in [7, 11) is 0. The fraction of sp³-hybridized carbons (Fsp3) is 0.438. The zero-order valence-electron chi connectivity index (χ0n) is 11.6. The Labute approximate surface area is 119 Å². The number of anilines is 1. The molecule has 0 fully saturated rings. The molecule has 3 rings (SSSR count). The summed E-state index contributed by atoms with van der Waals surface area (Å²) >= 11 is 0. The van der Waals surface area contributed by atoms with Crippen LogP contribution in [0.25, 0.3) is 0 Å². The number of hydrogen-bond acceptors (Lipinski definition) is 3. The number of nitrogens with one attached hydrogen (secondary N) is 1. The van der Waals surface area contributed by atoms with Crippen LogP contribution in [0.2, 0.25) is 0 Å². The molecule has 1 aliphatic rings. The molecule has 1 aromatic carbocycles. The highest BCUT2D eigenvalue weighted by molar-refractivity contribution is 5.55. The van der Waals surface area contributed by atoms with E-state index in [1.165, 1.54) is 36.1 Å². The number of aromatic nitrogens is 2. The van der Waals surface area contributed by atoms with E-state index in [-0.39, 0.29) is 0 Å². The van der Waals surface area contributed by atoms with Crippen molar-refractivity contribution in [2.75, 3.05) is 11.9 Å².